The second-order valence-corrected chi connectivity index (χ2v) is 2.97. The molecule has 2 rings (SSSR count). The van der Waals surface area contributed by atoms with Gasteiger partial charge in [-0.3, -0.25) is 0 Å². The molecule has 2 nitrogen and oxygen atoms in total. The summed E-state index contributed by atoms with van der Waals surface area (Å²) >= 11 is 0. The summed E-state index contributed by atoms with van der Waals surface area (Å²) in [6.07, 6.45) is -0.0117. The van der Waals surface area contributed by atoms with E-state index in [-0.39, 0.29) is 12.4 Å². The van der Waals surface area contributed by atoms with Crippen LogP contribution >= 0.6 is 0 Å². The van der Waals surface area contributed by atoms with Gasteiger partial charge in [-0.15, -0.1) is 0 Å². The second-order valence-electron chi connectivity index (χ2n) is 2.97. The molecular formula is C10H12O2. The first-order chi connectivity index (χ1) is 5.83. The van der Waals surface area contributed by atoms with Gasteiger partial charge in [0.1, 0.15) is 0 Å². The van der Waals surface area contributed by atoms with Crippen molar-refractivity contribution < 1.29 is 9.47 Å². The van der Waals surface area contributed by atoms with E-state index in [1.54, 1.807) is 7.11 Å². The van der Waals surface area contributed by atoms with Crippen LogP contribution in [0.3, 0.4) is 0 Å². The fourth-order valence-electron chi connectivity index (χ4n) is 1.61. The van der Waals surface area contributed by atoms with Crippen LogP contribution in [0.5, 0.6) is 0 Å². The quantitative estimate of drug-likeness (QED) is 0.634. The van der Waals surface area contributed by atoms with Crippen LogP contribution < -0.4 is 0 Å². The van der Waals surface area contributed by atoms with Crippen LogP contribution in [0.4, 0.5) is 0 Å². The number of rotatable bonds is 1. The van der Waals surface area contributed by atoms with E-state index in [9.17, 15) is 0 Å². The lowest BCUT2D eigenvalue weighted by Crippen LogP contribution is -1.98. The van der Waals surface area contributed by atoms with Crippen LogP contribution in [-0.4, -0.2) is 7.11 Å². The van der Waals surface area contributed by atoms with Crippen molar-refractivity contribution in [2.75, 3.05) is 7.11 Å². The molecule has 2 atom stereocenters. The Morgan fingerprint density at radius 3 is 2.58 bits per heavy atom. The molecule has 0 saturated heterocycles. The minimum Gasteiger partial charge on any atom is -0.352 e. The van der Waals surface area contributed by atoms with Crippen molar-refractivity contribution in [3.63, 3.8) is 0 Å². The predicted molar refractivity (Wildman–Crippen MR) is 45.7 cm³/mol. The first kappa shape index (κ1) is 7.77. The summed E-state index contributed by atoms with van der Waals surface area (Å²) in [4.78, 5) is 0. The lowest BCUT2D eigenvalue weighted by atomic mass is 10.1. The molecule has 64 valence electrons. The van der Waals surface area contributed by atoms with E-state index in [0.29, 0.717) is 0 Å². The van der Waals surface area contributed by atoms with Crippen molar-refractivity contribution in [3.05, 3.63) is 35.4 Å². The Bertz CT molecular complexity index is 283. The van der Waals surface area contributed by atoms with E-state index in [4.69, 9.17) is 9.47 Å². The third-order valence-corrected chi connectivity index (χ3v) is 2.23. The minimum atomic E-state index is -0.170. The number of fused-ring (bicyclic) bond motifs is 1. The highest BCUT2D eigenvalue weighted by atomic mass is 16.7. The fourth-order valence-corrected chi connectivity index (χ4v) is 1.61. The number of methoxy groups -OCH3 is 1. The fraction of sp³-hybridized carbons (Fsp3) is 0.400. The predicted octanol–water partition coefficient (Wildman–Crippen LogP) is 2.42. The smallest absolute Gasteiger partial charge is 0.184 e. The van der Waals surface area contributed by atoms with Crippen LogP contribution in [0.25, 0.3) is 0 Å². The van der Waals surface area contributed by atoms with Gasteiger partial charge in [0, 0.05) is 12.7 Å². The van der Waals surface area contributed by atoms with Gasteiger partial charge in [0.05, 0.1) is 6.10 Å². The van der Waals surface area contributed by atoms with Crippen molar-refractivity contribution in [1.29, 1.82) is 0 Å². The SMILES string of the molecule is COC1OC(C)c2ccccc21. The van der Waals surface area contributed by atoms with Gasteiger partial charge in [-0.2, -0.15) is 0 Å². The molecule has 0 bridgehead atoms. The average molecular weight is 164 g/mol. The van der Waals surface area contributed by atoms with E-state index in [1.165, 1.54) is 5.56 Å². The normalized spacial score (nSPS) is 27.2. The van der Waals surface area contributed by atoms with Crippen LogP contribution in [-0.2, 0) is 9.47 Å². The van der Waals surface area contributed by atoms with E-state index in [1.807, 2.05) is 25.1 Å². The minimum absolute atomic E-state index is 0.158. The topological polar surface area (TPSA) is 18.5 Å². The molecule has 0 aromatic heterocycles. The van der Waals surface area contributed by atoms with E-state index >= 15 is 0 Å². The van der Waals surface area contributed by atoms with Crippen LogP contribution in [0.2, 0.25) is 0 Å². The number of hydrogen-bond acceptors (Lipinski definition) is 2. The maximum atomic E-state index is 5.56. The van der Waals surface area contributed by atoms with Crippen LogP contribution in [0.1, 0.15) is 30.4 Å². The summed E-state index contributed by atoms with van der Waals surface area (Å²) in [7, 11) is 1.67. The maximum absolute atomic E-state index is 5.56. The highest BCUT2D eigenvalue weighted by Gasteiger charge is 2.27. The third kappa shape index (κ3) is 1.04. The van der Waals surface area contributed by atoms with E-state index < -0.39 is 0 Å². The molecule has 0 saturated carbocycles. The highest BCUT2D eigenvalue weighted by Crippen LogP contribution is 2.38. The molecule has 2 heteroatoms. The number of benzene rings is 1. The third-order valence-electron chi connectivity index (χ3n) is 2.23. The molecule has 0 radical (unpaired) electrons. The Morgan fingerprint density at radius 1 is 1.25 bits per heavy atom. The summed E-state index contributed by atoms with van der Waals surface area (Å²) in [6.45, 7) is 2.04. The Morgan fingerprint density at radius 2 is 1.92 bits per heavy atom. The zero-order chi connectivity index (χ0) is 8.55. The Labute approximate surface area is 72.1 Å². The molecule has 0 aliphatic carbocycles. The molecule has 1 aliphatic rings. The van der Waals surface area contributed by atoms with Gasteiger partial charge in [-0.05, 0) is 12.5 Å². The van der Waals surface area contributed by atoms with Crippen molar-refractivity contribution in [1.82, 2.24) is 0 Å². The summed E-state index contributed by atoms with van der Waals surface area (Å²) in [5.74, 6) is 0. The average Bonchev–Trinajstić information content (AvgIpc) is 2.44. The molecule has 0 spiro atoms. The molecule has 1 aliphatic heterocycles. The van der Waals surface area contributed by atoms with Crippen molar-refractivity contribution in [3.8, 4) is 0 Å². The second kappa shape index (κ2) is 2.88. The molecule has 1 aromatic rings. The van der Waals surface area contributed by atoms with Crippen molar-refractivity contribution >= 4 is 0 Å². The van der Waals surface area contributed by atoms with Gasteiger partial charge < -0.3 is 9.47 Å². The Kier molecular flexibility index (Phi) is 1.87. The van der Waals surface area contributed by atoms with Gasteiger partial charge in [0.2, 0.25) is 0 Å². The van der Waals surface area contributed by atoms with E-state index in [0.717, 1.165) is 5.56 Å². The summed E-state index contributed by atoms with van der Waals surface area (Å²) in [5, 5.41) is 0. The largest absolute Gasteiger partial charge is 0.352 e. The van der Waals surface area contributed by atoms with Gasteiger partial charge >= 0.3 is 0 Å². The summed E-state index contributed by atoms with van der Waals surface area (Å²) < 4.78 is 10.7. The molecular weight excluding hydrogens is 152 g/mol. The molecule has 1 aromatic carbocycles. The van der Waals surface area contributed by atoms with Crippen LogP contribution in [0, 0.1) is 0 Å². The van der Waals surface area contributed by atoms with Gasteiger partial charge in [0.15, 0.2) is 6.29 Å². The number of ether oxygens (including phenoxy) is 2. The van der Waals surface area contributed by atoms with E-state index in [2.05, 4.69) is 6.07 Å². The molecule has 12 heavy (non-hydrogen) atoms. The Hall–Kier alpha value is -0.860. The van der Waals surface area contributed by atoms with Crippen molar-refractivity contribution in [2.24, 2.45) is 0 Å². The molecule has 0 N–H and O–H groups in total. The molecule has 2 unspecified atom stereocenters. The first-order valence-electron chi connectivity index (χ1n) is 4.10. The molecule has 0 fully saturated rings. The standard InChI is InChI=1S/C10H12O2/c1-7-8-5-3-4-6-9(8)10(11-2)12-7/h3-7,10H,1-2H3. The first-order valence-corrected chi connectivity index (χ1v) is 4.10. The van der Waals surface area contributed by atoms with Gasteiger partial charge in [0.25, 0.3) is 0 Å². The summed E-state index contributed by atoms with van der Waals surface area (Å²) in [5.41, 5.74) is 2.40. The number of hydrogen-bond donors (Lipinski definition) is 0. The Balaban J connectivity index is 2.43. The maximum Gasteiger partial charge on any atom is 0.184 e. The zero-order valence-electron chi connectivity index (χ0n) is 7.28. The summed E-state index contributed by atoms with van der Waals surface area (Å²) in [6, 6.07) is 8.16. The van der Waals surface area contributed by atoms with Gasteiger partial charge in [-0.1, -0.05) is 24.3 Å². The van der Waals surface area contributed by atoms with Gasteiger partial charge in [-0.25, -0.2) is 0 Å². The molecule has 1 heterocycles. The van der Waals surface area contributed by atoms with Crippen molar-refractivity contribution in [2.45, 2.75) is 19.3 Å². The van der Waals surface area contributed by atoms with Crippen LogP contribution in [0.15, 0.2) is 24.3 Å². The highest BCUT2D eigenvalue weighted by molar-refractivity contribution is 5.32. The lowest BCUT2D eigenvalue weighted by Gasteiger charge is -2.08. The monoisotopic (exact) mass is 164 g/mol. The molecule has 0 amide bonds. The lowest BCUT2D eigenvalue weighted by molar-refractivity contribution is -0.137. The zero-order valence-corrected chi connectivity index (χ0v) is 7.28.